The normalized spacial score (nSPS) is 14.7. The second-order valence-corrected chi connectivity index (χ2v) is 9.03. The van der Waals surface area contributed by atoms with Gasteiger partial charge >= 0.3 is 6.18 Å². The van der Waals surface area contributed by atoms with Crippen molar-refractivity contribution in [1.29, 1.82) is 0 Å². The van der Waals surface area contributed by atoms with E-state index in [9.17, 15) is 30.4 Å². The fourth-order valence-electron chi connectivity index (χ4n) is 3.53. The van der Waals surface area contributed by atoms with E-state index in [1.54, 1.807) is 4.57 Å². The van der Waals surface area contributed by atoms with Gasteiger partial charge in [-0.2, -0.15) is 13.2 Å². The summed E-state index contributed by atoms with van der Waals surface area (Å²) >= 11 is 0. The van der Waals surface area contributed by atoms with Gasteiger partial charge in [-0.25, -0.2) is 17.2 Å². The Balaban J connectivity index is 1.72. The third-order valence-corrected chi connectivity index (χ3v) is 6.49. The Kier molecular flexibility index (Phi) is 5.65. The van der Waals surface area contributed by atoms with Gasteiger partial charge in [0.2, 0.25) is 0 Å². The van der Waals surface area contributed by atoms with E-state index in [2.05, 4.69) is 10.2 Å². The monoisotopic (exact) mass is 472 g/mol. The van der Waals surface area contributed by atoms with E-state index in [4.69, 9.17) is 0 Å². The van der Waals surface area contributed by atoms with Crippen molar-refractivity contribution in [2.75, 3.05) is 4.72 Å². The zero-order chi connectivity index (χ0) is 23.1. The van der Waals surface area contributed by atoms with Crippen molar-refractivity contribution in [1.82, 2.24) is 14.8 Å². The van der Waals surface area contributed by atoms with Crippen LogP contribution >= 0.6 is 0 Å². The van der Waals surface area contributed by atoms with Crippen LogP contribution in [0, 0.1) is 11.6 Å². The van der Waals surface area contributed by atoms with E-state index in [1.807, 2.05) is 4.72 Å². The van der Waals surface area contributed by atoms with Crippen LogP contribution in [0.15, 0.2) is 41.3 Å². The SMILES string of the molecule is O=S(=O)(Nc1cc(-c2nnc3n2CCCCC3)c(F)cc1F)c1cccc(C(F)(F)F)c1. The Morgan fingerprint density at radius 2 is 1.75 bits per heavy atom. The van der Waals surface area contributed by atoms with Gasteiger partial charge in [0.1, 0.15) is 17.5 Å². The molecule has 2 aromatic carbocycles. The number of hydrogen-bond donors (Lipinski definition) is 1. The molecule has 12 heteroatoms. The van der Waals surface area contributed by atoms with Gasteiger partial charge in [-0.15, -0.1) is 10.2 Å². The van der Waals surface area contributed by atoms with Crippen molar-refractivity contribution in [3.63, 3.8) is 0 Å². The first-order chi connectivity index (χ1) is 15.1. The Bertz CT molecular complexity index is 1270. The number of nitrogens with one attached hydrogen (secondary N) is 1. The lowest BCUT2D eigenvalue weighted by Gasteiger charge is -2.13. The Hall–Kier alpha value is -3.02. The highest BCUT2D eigenvalue weighted by Crippen LogP contribution is 2.33. The number of nitrogens with zero attached hydrogens (tertiary/aromatic N) is 3. The lowest BCUT2D eigenvalue weighted by atomic mass is 10.1. The van der Waals surface area contributed by atoms with Crippen LogP contribution in [0.25, 0.3) is 11.4 Å². The van der Waals surface area contributed by atoms with Gasteiger partial charge in [-0.05, 0) is 37.1 Å². The molecular formula is C20H17F5N4O2S. The van der Waals surface area contributed by atoms with Crippen LogP contribution in [0.1, 0.15) is 30.7 Å². The lowest BCUT2D eigenvalue weighted by molar-refractivity contribution is -0.137. The molecule has 0 radical (unpaired) electrons. The van der Waals surface area contributed by atoms with Gasteiger partial charge in [0.15, 0.2) is 5.82 Å². The molecule has 0 saturated carbocycles. The molecule has 0 bridgehead atoms. The molecular weight excluding hydrogens is 455 g/mol. The van der Waals surface area contributed by atoms with E-state index in [0.717, 1.165) is 37.5 Å². The third kappa shape index (κ3) is 4.31. The number of benzene rings is 2. The van der Waals surface area contributed by atoms with Gasteiger partial charge < -0.3 is 4.57 Å². The van der Waals surface area contributed by atoms with Gasteiger partial charge in [-0.3, -0.25) is 4.72 Å². The largest absolute Gasteiger partial charge is 0.416 e. The predicted molar refractivity (Wildman–Crippen MR) is 105 cm³/mol. The Labute approximate surface area is 180 Å². The summed E-state index contributed by atoms with van der Waals surface area (Å²) < 4.78 is 96.6. The average molecular weight is 472 g/mol. The number of aromatic nitrogens is 3. The number of rotatable bonds is 4. The minimum absolute atomic E-state index is 0.124. The summed E-state index contributed by atoms with van der Waals surface area (Å²) in [6, 6.07) is 4.44. The van der Waals surface area contributed by atoms with Crippen molar-refractivity contribution in [3.8, 4) is 11.4 Å². The Morgan fingerprint density at radius 1 is 0.969 bits per heavy atom. The van der Waals surface area contributed by atoms with Crippen LogP contribution in [0.3, 0.4) is 0 Å². The molecule has 0 atom stereocenters. The summed E-state index contributed by atoms with van der Waals surface area (Å²) in [5.74, 6) is -1.42. The number of aryl methyl sites for hydroxylation is 1. The smallest absolute Gasteiger partial charge is 0.311 e. The maximum atomic E-state index is 14.6. The average Bonchev–Trinajstić information content (AvgIpc) is 2.97. The van der Waals surface area contributed by atoms with Crippen molar-refractivity contribution >= 4 is 15.7 Å². The lowest BCUT2D eigenvalue weighted by Crippen LogP contribution is -2.16. The topological polar surface area (TPSA) is 76.9 Å². The first-order valence-electron chi connectivity index (χ1n) is 9.68. The third-order valence-electron chi connectivity index (χ3n) is 5.12. The van der Waals surface area contributed by atoms with Crippen LogP contribution in [0.5, 0.6) is 0 Å². The second-order valence-electron chi connectivity index (χ2n) is 7.35. The summed E-state index contributed by atoms with van der Waals surface area (Å²) in [5, 5.41) is 8.03. The van der Waals surface area contributed by atoms with Gasteiger partial charge in [-0.1, -0.05) is 12.5 Å². The molecule has 0 amide bonds. The van der Waals surface area contributed by atoms with E-state index in [-0.39, 0.29) is 11.4 Å². The Morgan fingerprint density at radius 3 is 2.50 bits per heavy atom. The molecule has 3 aromatic rings. The van der Waals surface area contributed by atoms with Crippen LogP contribution in [-0.2, 0) is 29.2 Å². The van der Waals surface area contributed by atoms with Gasteiger partial charge in [0.25, 0.3) is 10.0 Å². The number of anilines is 1. The van der Waals surface area contributed by atoms with Crippen LogP contribution in [-0.4, -0.2) is 23.2 Å². The highest BCUT2D eigenvalue weighted by atomic mass is 32.2. The molecule has 1 aliphatic rings. The molecule has 170 valence electrons. The first-order valence-corrected chi connectivity index (χ1v) is 11.2. The van der Waals surface area contributed by atoms with Crippen LogP contribution in [0.2, 0.25) is 0 Å². The van der Waals surface area contributed by atoms with E-state index >= 15 is 0 Å². The zero-order valence-electron chi connectivity index (χ0n) is 16.5. The molecule has 4 rings (SSSR count). The molecule has 1 aromatic heterocycles. The highest BCUT2D eigenvalue weighted by molar-refractivity contribution is 7.92. The molecule has 0 spiro atoms. The molecule has 0 aliphatic carbocycles. The highest BCUT2D eigenvalue weighted by Gasteiger charge is 2.32. The summed E-state index contributed by atoms with van der Waals surface area (Å²) in [5.41, 5.74) is -1.97. The molecule has 1 aliphatic heterocycles. The minimum atomic E-state index is -4.76. The number of alkyl halides is 3. The number of hydrogen-bond acceptors (Lipinski definition) is 4. The van der Waals surface area contributed by atoms with Crippen molar-refractivity contribution < 1.29 is 30.4 Å². The number of fused-ring (bicyclic) bond motifs is 1. The van der Waals surface area contributed by atoms with Crippen molar-refractivity contribution in [2.24, 2.45) is 0 Å². The van der Waals surface area contributed by atoms with E-state index in [1.165, 1.54) is 0 Å². The van der Waals surface area contributed by atoms with E-state index in [0.29, 0.717) is 37.0 Å². The fourth-order valence-corrected chi connectivity index (χ4v) is 4.63. The van der Waals surface area contributed by atoms with E-state index < -0.39 is 44.0 Å². The van der Waals surface area contributed by atoms with Gasteiger partial charge in [0.05, 0.1) is 21.7 Å². The second kappa shape index (κ2) is 8.15. The quantitative estimate of drug-likeness (QED) is 0.555. The maximum Gasteiger partial charge on any atom is 0.416 e. The van der Waals surface area contributed by atoms with Crippen molar-refractivity contribution in [2.45, 2.75) is 43.3 Å². The molecule has 0 unspecified atom stereocenters. The zero-order valence-corrected chi connectivity index (χ0v) is 17.3. The van der Waals surface area contributed by atoms with Gasteiger partial charge in [0, 0.05) is 19.0 Å². The predicted octanol–water partition coefficient (Wildman–Crippen LogP) is 4.77. The van der Waals surface area contributed by atoms with Crippen LogP contribution < -0.4 is 4.72 Å². The minimum Gasteiger partial charge on any atom is -0.311 e. The summed E-state index contributed by atoms with van der Waals surface area (Å²) in [4.78, 5) is -0.714. The summed E-state index contributed by atoms with van der Waals surface area (Å²) in [6.07, 6.45) is -1.45. The maximum absolute atomic E-state index is 14.6. The summed E-state index contributed by atoms with van der Waals surface area (Å²) in [6.45, 7) is 0.528. The standard InChI is InChI=1S/C20H17F5N4O2S/c21-15-11-16(22)17(10-14(15)19-27-26-18-7-2-1-3-8-29(18)19)28-32(30,31)13-6-4-5-12(9-13)20(23,24)25/h4-6,9-11,28H,1-3,7-8H2. The van der Waals surface area contributed by atoms with Crippen molar-refractivity contribution in [3.05, 3.63) is 59.4 Å². The number of sulfonamides is 1. The fraction of sp³-hybridized carbons (Fsp3) is 0.300. The molecule has 0 saturated heterocycles. The molecule has 6 nitrogen and oxygen atoms in total. The summed E-state index contributed by atoms with van der Waals surface area (Å²) in [7, 11) is -4.60. The number of halogens is 5. The molecule has 0 fully saturated rings. The molecule has 1 N–H and O–H groups in total. The first kappa shape index (κ1) is 22.2. The van der Waals surface area contributed by atoms with Crippen LogP contribution in [0.4, 0.5) is 27.6 Å². The molecule has 32 heavy (non-hydrogen) atoms. The molecule has 2 heterocycles.